The Labute approximate surface area is 247 Å². The van der Waals surface area contributed by atoms with Crippen molar-refractivity contribution in [3.63, 3.8) is 0 Å². The topological polar surface area (TPSA) is 107 Å². The lowest BCUT2D eigenvalue weighted by Crippen LogP contribution is -2.56. The normalized spacial score (nSPS) is 18.5. The van der Waals surface area contributed by atoms with Gasteiger partial charge in [0.1, 0.15) is 33.9 Å². The number of pyridine rings is 1. The molecule has 2 aliphatic rings. The van der Waals surface area contributed by atoms with E-state index in [2.05, 4.69) is 40.9 Å². The average Bonchev–Trinajstić information content (AvgIpc) is 3.52. The predicted molar refractivity (Wildman–Crippen MR) is 162 cm³/mol. The van der Waals surface area contributed by atoms with Crippen molar-refractivity contribution in [2.24, 2.45) is 5.92 Å². The molecule has 0 radical (unpaired) electrons. The van der Waals surface area contributed by atoms with Crippen LogP contribution in [0.25, 0.3) is 32.2 Å². The fourth-order valence-electron chi connectivity index (χ4n) is 6.27. The molecule has 1 saturated heterocycles. The molecule has 1 atom stereocenters. The van der Waals surface area contributed by atoms with Gasteiger partial charge in [0, 0.05) is 48.7 Å². The summed E-state index contributed by atoms with van der Waals surface area (Å²) in [6.07, 6.45) is 5.85. The largest absolute Gasteiger partial charge is 0.463 e. The van der Waals surface area contributed by atoms with E-state index in [-0.39, 0.29) is 49.0 Å². The molecule has 12 heteroatoms. The first-order chi connectivity index (χ1) is 20.1. The van der Waals surface area contributed by atoms with E-state index in [0.29, 0.717) is 30.3 Å². The summed E-state index contributed by atoms with van der Waals surface area (Å²) in [5, 5.41) is 10.6. The van der Waals surface area contributed by atoms with Gasteiger partial charge in [-0.2, -0.15) is 15.2 Å². The second-order valence-electron chi connectivity index (χ2n) is 11.8. The number of hydrogen-bond acceptors (Lipinski definition) is 10. The fourth-order valence-corrected chi connectivity index (χ4v) is 7.21. The Bertz CT molecular complexity index is 1710. The maximum atomic E-state index is 16.5. The summed E-state index contributed by atoms with van der Waals surface area (Å²) >= 11 is 0.961. The van der Waals surface area contributed by atoms with E-state index in [1.165, 1.54) is 12.1 Å². The number of fused-ring (bicyclic) bond motifs is 2. The van der Waals surface area contributed by atoms with Gasteiger partial charge < -0.3 is 25.2 Å². The fraction of sp³-hybridized carbons (Fsp3) is 0.467. The number of likely N-dealkylation sites (N-methyl/N-ethyl adjacent to an activating group) is 2. The first kappa shape index (κ1) is 28.5. The first-order valence-electron chi connectivity index (χ1n) is 14.1. The molecule has 0 bridgehead atoms. The molecule has 2 N–H and O–H groups in total. The lowest BCUT2D eigenvalue weighted by Gasteiger charge is -2.49. The van der Waals surface area contributed by atoms with Gasteiger partial charge in [0.05, 0.1) is 22.3 Å². The highest BCUT2D eigenvalue weighted by atomic mass is 32.1. The summed E-state index contributed by atoms with van der Waals surface area (Å²) in [6, 6.07) is 4.82. The molecule has 0 amide bonds. The summed E-state index contributed by atoms with van der Waals surface area (Å²) in [4.78, 5) is 20.3. The maximum Gasteiger partial charge on any atom is 0.319 e. The minimum absolute atomic E-state index is 0.000314. The van der Waals surface area contributed by atoms with Gasteiger partial charge in [-0.3, -0.25) is 4.98 Å². The molecular formula is C30H34F2N8OS. The van der Waals surface area contributed by atoms with E-state index in [1.807, 2.05) is 18.0 Å². The van der Waals surface area contributed by atoms with Crippen LogP contribution in [0.15, 0.2) is 18.3 Å². The number of nitrogens with two attached hydrogens (primary N) is 1. The van der Waals surface area contributed by atoms with Crippen LogP contribution in [0.2, 0.25) is 0 Å². The zero-order valence-corrected chi connectivity index (χ0v) is 25.1. The highest BCUT2D eigenvalue weighted by Crippen LogP contribution is 2.43. The van der Waals surface area contributed by atoms with Crippen LogP contribution in [0.1, 0.15) is 31.2 Å². The molecule has 1 aliphatic heterocycles. The van der Waals surface area contributed by atoms with Crippen molar-refractivity contribution in [1.82, 2.24) is 24.8 Å². The van der Waals surface area contributed by atoms with Crippen LogP contribution < -0.4 is 15.4 Å². The van der Waals surface area contributed by atoms with E-state index >= 15 is 4.39 Å². The molecule has 1 aliphatic carbocycles. The lowest BCUT2D eigenvalue weighted by molar-refractivity contribution is 0.0682. The molecule has 0 unspecified atom stereocenters. The van der Waals surface area contributed by atoms with Gasteiger partial charge in [0.25, 0.3) is 0 Å². The predicted octanol–water partition coefficient (Wildman–Crippen LogP) is 4.89. The van der Waals surface area contributed by atoms with Crippen LogP contribution in [-0.2, 0) is 0 Å². The van der Waals surface area contributed by atoms with E-state index in [1.54, 1.807) is 6.20 Å². The Kier molecular flexibility index (Phi) is 7.37. The molecule has 9 nitrogen and oxygen atoms in total. The molecule has 42 heavy (non-hydrogen) atoms. The second-order valence-corrected chi connectivity index (χ2v) is 12.9. The van der Waals surface area contributed by atoms with Gasteiger partial charge in [-0.05, 0) is 65.5 Å². The monoisotopic (exact) mass is 592 g/mol. The number of nitriles is 1. The summed E-state index contributed by atoms with van der Waals surface area (Å²) in [7, 11) is 8.20. The molecule has 1 aromatic carbocycles. The maximum absolute atomic E-state index is 16.5. The van der Waals surface area contributed by atoms with Gasteiger partial charge in [0.15, 0.2) is 5.82 Å². The zero-order chi connectivity index (χ0) is 29.8. The van der Waals surface area contributed by atoms with Crippen molar-refractivity contribution < 1.29 is 13.5 Å². The number of benzene rings is 1. The van der Waals surface area contributed by atoms with E-state index in [4.69, 9.17) is 15.5 Å². The molecule has 3 aromatic heterocycles. The van der Waals surface area contributed by atoms with E-state index in [9.17, 15) is 9.65 Å². The first-order valence-corrected chi connectivity index (χ1v) is 14.9. The Morgan fingerprint density at radius 3 is 2.67 bits per heavy atom. The average molecular weight is 593 g/mol. The number of likely N-dealkylation sites (tertiary alicyclic amines) is 1. The number of thiophene rings is 1. The third kappa shape index (κ3) is 4.79. The van der Waals surface area contributed by atoms with Crippen LogP contribution >= 0.6 is 11.3 Å². The number of hydrogen-bond donors (Lipinski definition) is 1. The number of halogens is 2. The number of nitrogens with zero attached hydrogens (tertiary/aromatic N) is 7. The summed E-state index contributed by atoms with van der Waals surface area (Å²) < 4.78 is 37.5. The van der Waals surface area contributed by atoms with Crippen molar-refractivity contribution in [3.8, 4) is 23.3 Å². The Balaban J connectivity index is 1.48. The third-order valence-corrected chi connectivity index (χ3v) is 9.92. The number of ether oxygens (including phenoxy) is 1. The smallest absolute Gasteiger partial charge is 0.319 e. The molecule has 4 heterocycles. The quantitative estimate of drug-likeness (QED) is 0.306. The molecule has 0 spiro atoms. The van der Waals surface area contributed by atoms with E-state index in [0.717, 1.165) is 50.1 Å². The number of rotatable bonds is 8. The Morgan fingerprint density at radius 1 is 1.24 bits per heavy atom. The lowest BCUT2D eigenvalue weighted by atomic mass is 9.75. The third-order valence-electron chi connectivity index (χ3n) is 8.89. The van der Waals surface area contributed by atoms with Crippen molar-refractivity contribution in [3.05, 3.63) is 35.5 Å². The highest BCUT2D eigenvalue weighted by molar-refractivity contribution is 7.23. The Hall–Kier alpha value is -3.66. The van der Waals surface area contributed by atoms with Crippen molar-refractivity contribution in [2.75, 3.05) is 65.1 Å². The molecule has 6 rings (SSSR count). The number of anilines is 2. The second kappa shape index (κ2) is 10.9. The summed E-state index contributed by atoms with van der Waals surface area (Å²) in [6.45, 7) is 3.04. The number of nitrogen functional groups attached to an aromatic ring is 1. The summed E-state index contributed by atoms with van der Waals surface area (Å²) in [5.74, 6) is -0.353. The van der Waals surface area contributed by atoms with Crippen LogP contribution in [0.3, 0.4) is 0 Å². The van der Waals surface area contributed by atoms with E-state index < -0.39 is 11.6 Å². The highest BCUT2D eigenvalue weighted by Gasteiger charge is 2.40. The molecule has 4 aromatic rings. The molecular weight excluding hydrogens is 558 g/mol. The zero-order valence-electron chi connectivity index (χ0n) is 24.2. The summed E-state index contributed by atoms with van der Waals surface area (Å²) in [5.41, 5.74) is 6.43. The Morgan fingerprint density at radius 2 is 2.02 bits per heavy atom. The van der Waals surface area contributed by atoms with Gasteiger partial charge in [-0.1, -0.05) is 0 Å². The number of aromatic nitrogens is 3. The molecule has 220 valence electrons. The van der Waals surface area contributed by atoms with Crippen molar-refractivity contribution in [2.45, 2.75) is 31.2 Å². The van der Waals surface area contributed by atoms with Crippen molar-refractivity contribution >= 4 is 43.1 Å². The van der Waals surface area contributed by atoms with Crippen LogP contribution in [0.4, 0.5) is 19.6 Å². The molecule has 2 fully saturated rings. The van der Waals surface area contributed by atoms with Gasteiger partial charge >= 0.3 is 6.01 Å². The minimum atomic E-state index is -0.692. The van der Waals surface area contributed by atoms with Gasteiger partial charge in [-0.25, -0.2) is 8.78 Å². The van der Waals surface area contributed by atoms with Crippen LogP contribution in [0, 0.1) is 28.9 Å². The SMILES string of the molecule is CN1CC[C@@H](COc2nc(N(C)CC3(N(C)C)CCC3)c3cnc(-c4ccc(F)c5sc(N)c(C#N)c45)c(F)c3n2)C1. The standard InChI is InChI=1S/C30H34F2N8OS/c1-38(2)30(9-5-10-30)16-40(4)28-20-13-35-24(18-6-7-21(31)26-22(18)19(12-33)27(34)42-26)23(32)25(20)36-29(37-28)41-15-17-8-11-39(3)14-17/h6-7,13,17H,5,8-11,14-16,34H2,1-4H3/t17-/m1/s1. The van der Waals surface area contributed by atoms with Gasteiger partial charge in [-0.15, -0.1) is 11.3 Å². The molecule has 1 saturated carbocycles. The minimum Gasteiger partial charge on any atom is -0.463 e. The van der Waals surface area contributed by atoms with Crippen LogP contribution in [-0.4, -0.2) is 84.7 Å². The van der Waals surface area contributed by atoms with Gasteiger partial charge in [0.2, 0.25) is 0 Å². The van der Waals surface area contributed by atoms with Crippen molar-refractivity contribution in [1.29, 1.82) is 5.26 Å². The van der Waals surface area contributed by atoms with Crippen LogP contribution in [0.5, 0.6) is 6.01 Å².